The molecule has 1 fully saturated rings. The molecule has 0 saturated heterocycles. The summed E-state index contributed by atoms with van der Waals surface area (Å²) in [5.74, 6) is -0.225. The Hall–Kier alpha value is -1.85. The van der Waals surface area contributed by atoms with Gasteiger partial charge in [0.2, 0.25) is 0 Å². The lowest BCUT2D eigenvalue weighted by Gasteiger charge is -2.01. The number of hydrogen-bond acceptors (Lipinski definition) is 5. The predicted octanol–water partition coefficient (Wildman–Crippen LogP) is 0.282. The lowest BCUT2D eigenvalue weighted by Crippen LogP contribution is -2.26. The number of carbonyl (C=O) groups is 2. The number of amides is 1. The van der Waals surface area contributed by atoms with Gasteiger partial charge < -0.3 is 14.6 Å². The molecule has 1 amide bonds. The fraction of sp³-hybridized carbons (Fsp3) is 0.500. The van der Waals surface area contributed by atoms with Gasteiger partial charge in [0, 0.05) is 18.0 Å². The number of hydrogen-bond donors (Lipinski definition) is 1. The van der Waals surface area contributed by atoms with Gasteiger partial charge >= 0.3 is 0 Å². The van der Waals surface area contributed by atoms with E-state index in [-0.39, 0.29) is 24.2 Å². The minimum absolute atomic E-state index is 0.217. The van der Waals surface area contributed by atoms with E-state index in [0.29, 0.717) is 18.5 Å². The summed E-state index contributed by atoms with van der Waals surface area (Å²) in [5, 5.41) is 6.46. The minimum Gasteiger partial charge on any atom is -0.468 e. The average Bonchev–Trinajstić information content (AvgIpc) is 2.95. The van der Waals surface area contributed by atoms with Crippen molar-refractivity contribution in [2.75, 3.05) is 6.61 Å². The molecule has 0 atom stereocenters. The summed E-state index contributed by atoms with van der Waals surface area (Å²) in [7, 11) is 0. The monoisotopic (exact) mass is 224 g/mol. The van der Waals surface area contributed by atoms with Gasteiger partial charge in [0.1, 0.15) is 6.26 Å². The molecule has 2 rings (SSSR count). The number of nitrogens with zero attached hydrogens (tertiary/aromatic N) is 1. The first-order valence-corrected chi connectivity index (χ1v) is 5.10. The fourth-order valence-corrected chi connectivity index (χ4v) is 1.32. The summed E-state index contributed by atoms with van der Waals surface area (Å²) < 4.78 is 9.30. The summed E-state index contributed by atoms with van der Waals surface area (Å²) in [6.07, 6.45) is 3.87. The number of rotatable bonds is 6. The molecule has 1 heterocycles. The zero-order valence-corrected chi connectivity index (χ0v) is 8.64. The van der Waals surface area contributed by atoms with Gasteiger partial charge in [0.05, 0.1) is 6.61 Å². The van der Waals surface area contributed by atoms with Gasteiger partial charge in [0.25, 0.3) is 12.4 Å². The third-order valence-corrected chi connectivity index (χ3v) is 2.33. The van der Waals surface area contributed by atoms with Crippen molar-refractivity contribution in [1.29, 1.82) is 0 Å². The summed E-state index contributed by atoms with van der Waals surface area (Å²) in [6, 6.07) is 0.281. The van der Waals surface area contributed by atoms with Crippen LogP contribution in [0.2, 0.25) is 0 Å². The third-order valence-electron chi connectivity index (χ3n) is 2.33. The van der Waals surface area contributed by atoms with Crippen molar-refractivity contribution >= 4 is 12.4 Å². The van der Waals surface area contributed by atoms with Crippen molar-refractivity contribution in [2.45, 2.75) is 25.3 Å². The molecule has 86 valence electrons. The highest BCUT2D eigenvalue weighted by molar-refractivity contribution is 5.93. The number of aromatic nitrogens is 1. The van der Waals surface area contributed by atoms with Crippen LogP contribution in [0.15, 0.2) is 10.8 Å². The Morgan fingerprint density at radius 1 is 1.69 bits per heavy atom. The Kier molecular flexibility index (Phi) is 3.19. The number of nitrogens with one attached hydrogen (secondary N) is 1. The van der Waals surface area contributed by atoms with E-state index >= 15 is 0 Å². The van der Waals surface area contributed by atoms with Crippen molar-refractivity contribution in [3.8, 4) is 0 Å². The Balaban J connectivity index is 1.93. The molecule has 1 aliphatic carbocycles. The van der Waals surface area contributed by atoms with Crippen molar-refractivity contribution in [3.63, 3.8) is 0 Å². The van der Waals surface area contributed by atoms with Crippen LogP contribution in [0.3, 0.4) is 0 Å². The molecule has 1 aromatic heterocycles. The molecule has 6 nitrogen and oxygen atoms in total. The van der Waals surface area contributed by atoms with Crippen LogP contribution < -0.4 is 5.32 Å². The van der Waals surface area contributed by atoms with Gasteiger partial charge in [-0.05, 0) is 12.8 Å². The molecule has 1 N–H and O–H groups in total. The summed E-state index contributed by atoms with van der Waals surface area (Å²) in [6.45, 7) is 0.589. The molecule has 0 radical (unpaired) electrons. The van der Waals surface area contributed by atoms with Gasteiger partial charge in [-0.3, -0.25) is 9.59 Å². The first-order valence-electron chi connectivity index (χ1n) is 5.10. The van der Waals surface area contributed by atoms with Gasteiger partial charge in [-0.15, -0.1) is 0 Å². The van der Waals surface area contributed by atoms with Crippen LogP contribution in [0.4, 0.5) is 0 Å². The van der Waals surface area contributed by atoms with E-state index in [1.165, 1.54) is 6.26 Å². The van der Waals surface area contributed by atoms with E-state index in [1.807, 2.05) is 0 Å². The predicted molar refractivity (Wildman–Crippen MR) is 52.7 cm³/mol. The smallest absolute Gasteiger partial charge is 0.293 e. The van der Waals surface area contributed by atoms with Crippen LogP contribution in [0.5, 0.6) is 0 Å². The van der Waals surface area contributed by atoms with E-state index in [0.717, 1.165) is 12.8 Å². The van der Waals surface area contributed by atoms with Gasteiger partial charge in [-0.1, -0.05) is 5.16 Å². The van der Waals surface area contributed by atoms with Crippen molar-refractivity contribution in [1.82, 2.24) is 10.5 Å². The minimum atomic E-state index is -0.225. The summed E-state index contributed by atoms with van der Waals surface area (Å²) in [4.78, 5) is 21.6. The zero-order valence-electron chi connectivity index (χ0n) is 8.64. The summed E-state index contributed by atoms with van der Waals surface area (Å²) in [5.41, 5.74) is 0.932. The topological polar surface area (TPSA) is 81.4 Å². The van der Waals surface area contributed by atoms with E-state index in [1.54, 1.807) is 0 Å². The maximum atomic E-state index is 11.7. The van der Waals surface area contributed by atoms with Crippen LogP contribution >= 0.6 is 0 Å². The van der Waals surface area contributed by atoms with Crippen molar-refractivity contribution in [2.24, 2.45) is 0 Å². The van der Waals surface area contributed by atoms with Crippen LogP contribution in [-0.4, -0.2) is 30.2 Å². The van der Waals surface area contributed by atoms with Gasteiger partial charge in [-0.25, -0.2) is 0 Å². The second-order valence-corrected chi connectivity index (χ2v) is 3.65. The molecule has 0 aliphatic heterocycles. The van der Waals surface area contributed by atoms with E-state index in [9.17, 15) is 9.59 Å². The van der Waals surface area contributed by atoms with Gasteiger partial charge in [0.15, 0.2) is 5.69 Å². The Labute approximate surface area is 91.9 Å². The van der Waals surface area contributed by atoms with Gasteiger partial charge in [-0.2, -0.15) is 0 Å². The largest absolute Gasteiger partial charge is 0.468 e. The number of carbonyl (C=O) groups excluding carboxylic acids is 2. The molecule has 1 aromatic rings. The normalized spacial score (nSPS) is 14.5. The lowest BCUT2D eigenvalue weighted by atomic mass is 10.2. The maximum absolute atomic E-state index is 11.7. The fourth-order valence-electron chi connectivity index (χ4n) is 1.32. The molecular weight excluding hydrogens is 212 g/mol. The molecule has 0 aromatic carbocycles. The van der Waals surface area contributed by atoms with Crippen molar-refractivity contribution in [3.05, 3.63) is 17.5 Å². The van der Waals surface area contributed by atoms with Crippen LogP contribution in [-0.2, 0) is 16.0 Å². The zero-order chi connectivity index (χ0) is 11.4. The van der Waals surface area contributed by atoms with Crippen LogP contribution in [0, 0.1) is 0 Å². The molecular formula is C10H12N2O4. The highest BCUT2D eigenvalue weighted by atomic mass is 16.5. The second kappa shape index (κ2) is 4.78. The standard InChI is InChI=1S/C10H12N2O4/c13-6-15-4-3-7-5-16-12-9(7)10(14)11-8-1-2-8/h5-6,8H,1-4H2,(H,11,14). The highest BCUT2D eigenvalue weighted by Crippen LogP contribution is 2.19. The van der Waals surface area contributed by atoms with E-state index in [4.69, 9.17) is 4.52 Å². The lowest BCUT2D eigenvalue weighted by molar-refractivity contribution is -0.128. The average molecular weight is 224 g/mol. The van der Waals surface area contributed by atoms with Crippen LogP contribution in [0.25, 0.3) is 0 Å². The Morgan fingerprint density at radius 3 is 3.19 bits per heavy atom. The van der Waals surface area contributed by atoms with E-state index in [2.05, 4.69) is 15.2 Å². The maximum Gasteiger partial charge on any atom is 0.293 e. The molecule has 0 spiro atoms. The quantitative estimate of drug-likeness (QED) is 0.554. The SMILES string of the molecule is O=COCCc1conc1C(=O)NC1CC1. The molecule has 0 bridgehead atoms. The molecule has 1 aliphatic rings. The van der Waals surface area contributed by atoms with E-state index < -0.39 is 0 Å². The molecule has 16 heavy (non-hydrogen) atoms. The molecule has 0 unspecified atom stereocenters. The second-order valence-electron chi connectivity index (χ2n) is 3.65. The van der Waals surface area contributed by atoms with Crippen LogP contribution in [0.1, 0.15) is 28.9 Å². The van der Waals surface area contributed by atoms with Crippen molar-refractivity contribution < 1.29 is 18.8 Å². The molecule has 6 heteroatoms. The highest BCUT2D eigenvalue weighted by Gasteiger charge is 2.26. The third kappa shape index (κ3) is 2.59. The Bertz CT molecular complexity index is 384. The summed E-state index contributed by atoms with van der Waals surface area (Å²) >= 11 is 0. The first kappa shape index (κ1) is 10.7. The Morgan fingerprint density at radius 2 is 2.50 bits per heavy atom. The first-order chi connectivity index (χ1) is 7.81. The molecule has 1 saturated carbocycles. The number of ether oxygens (including phenoxy) is 1.